The highest BCUT2D eigenvalue weighted by molar-refractivity contribution is 6.13. The summed E-state index contributed by atoms with van der Waals surface area (Å²) in [6.07, 6.45) is 7.50. The third kappa shape index (κ3) is 2.63. The molecule has 2 nitrogen and oxygen atoms in total. The summed E-state index contributed by atoms with van der Waals surface area (Å²) >= 11 is 0. The topological polar surface area (TPSA) is 17.0 Å². The molecule has 2 bridgehead atoms. The molecule has 1 saturated carbocycles. The van der Waals surface area contributed by atoms with Crippen LogP contribution in [-0.4, -0.2) is 4.57 Å². The predicted molar refractivity (Wildman–Crippen MR) is 128 cm³/mol. The molecular formula is C28H28N2. The Morgan fingerprint density at radius 3 is 2.37 bits per heavy atom. The molecule has 0 spiro atoms. The number of fused-ring (bicyclic) bond motifs is 5. The molecule has 0 radical (unpaired) electrons. The van der Waals surface area contributed by atoms with Crippen LogP contribution in [0.4, 0.5) is 11.4 Å². The molecule has 6 rings (SSSR count). The van der Waals surface area contributed by atoms with Crippen molar-refractivity contribution in [1.82, 2.24) is 4.57 Å². The lowest BCUT2D eigenvalue weighted by molar-refractivity contribution is 0.586. The third-order valence-electron chi connectivity index (χ3n) is 7.14. The molecule has 3 aromatic carbocycles. The smallest absolute Gasteiger partial charge is 0.0735 e. The van der Waals surface area contributed by atoms with E-state index in [-0.39, 0.29) is 0 Å². The second-order valence-corrected chi connectivity index (χ2v) is 9.28. The first-order valence-electron chi connectivity index (χ1n) is 11.3. The number of benzene rings is 3. The lowest BCUT2D eigenvalue weighted by Gasteiger charge is -2.25. The Bertz CT molecular complexity index is 1260. The van der Waals surface area contributed by atoms with Gasteiger partial charge in [0.05, 0.1) is 11.2 Å². The van der Waals surface area contributed by atoms with E-state index >= 15 is 0 Å². The molecule has 0 saturated heterocycles. The molecule has 2 heteroatoms. The van der Waals surface area contributed by atoms with Crippen molar-refractivity contribution in [3.8, 4) is 0 Å². The molecule has 30 heavy (non-hydrogen) atoms. The van der Waals surface area contributed by atoms with Gasteiger partial charge in [-0.25, -0.2) is 0 Å². The first kappa shape index (κ1) is 17.8. The van der Waals surface area contributed by atoms with Gasteiger partial charge in [-0.3, -0.25) is 0 Å². The van der Waals surface area contributed by atoms with Crippen molar-refractivity contribution in [2.45, 2.75) is 38.6 Å². The zero-order chi connectivity index (χ0) is 20.2. The number of hydrogen-bond acceptors (Lipinski definition) is 1. The standard InChI is InChI=1S/C28H28N2/c1-18(2)30-26-11-7-6-10-22(26)24-15-14-23(25-17-19-12-13-20(25)16-19)27(28(24)30)29-21-8-4-3-5-9-21/h3-15,18-20,25,29H,16-17H2,1-2H3/t19-,20?,25?/m0/s1. The summed E-state index contributed by atoms with van der Waals surface area (Å²) in [4.78, 5) is 0. The van der Waals surface area contributed by atoms with E-state index in [0.29, 0.717) is 17.9 Å². The summed E-state index contributed by atoms with van der Waals surface area (Å²) in [5.41, 5.74) is 6.61. The average Bonchev–Trinajstić information content (AvgIpc) is 3.47. The fourth-order valence-corrected chi connectivity index (χ4v) is 5.89. The summed E-state index contributed by atoms with van der Waals surface area (Å²) in [5, 5.41) is 6.55. The zero-order valence-electron chi connectivity index (χ0n) is 17.7. The van der Waals surface area contributed by atoms with Gasteiger partial charge in [0.1, 0.15) is 0 Å². The van der Waals surface area contributed by atoms with Gasteiger partial charge in [0.2, 0.25) is 0 Å². The van der Waals surface area contributed by atoms with Crippen LogP contribution >= 0.6 is 0 Å². The minimum absolute atomic E-state index is 0.388. The van der Waals surface area contributed by atoms with Gasteiger partial charge in [0, 0.05) is 28.0 Å². The second kappa shape index (κ2) is 6.77. The van der Waals surface area contributed by atoms with Crippen LogP contribution in [0.25, 0.3) is 21.8 Å². The number of rotatable bonds is 4. The highest BCUT2D eigenvalue weighted by atomic mass is 15.0. The normalized spacial score (nSPS) is 22.6. The Balaban J connectivity index is 1.66. The van der Waals surface area contributed by atoms with Gasteiger partial charge >= 0.3 is 0 Å². The average molecular weight is 393 g/mol. The lowest BCUT2D eigenvalue weighted by Crippen LogP contribution is -2.10. The van der Waals surface area contributed by atoms with Crippen LogP contribution in [0.15, 0.2) is 78.9 Å². The van der Waals surface area contributed by atoms with Crippen molar-refractivity contribution >= 4 is 33.2 Å². The van der Waals surface area contributed by atoms with Gasteiger partial charge in [-0.1, -0.05) is 60.7 Å². The van der Waals surface area contributed by atoms with Gasteiger partial charge in [0.25, 0.3) is 0 Å². The molecule has 0 aliphatic heterocycles. The zero-order valence-corrected chi connectivity index (χ0v) is 17.7. The molecule has 2 aliphatic carbocycles. The number of nitrogens with one attached hydrogen (secondary N) is 1. The van der Waals surface area contributed by atoms with E-state index < -0.39 is 0 Å². The fraction of sp³-hybridized carbons (Fsp3) is 0.286. The summed E-state index contributed by atoms with van der Waals surface area (Å²) in [7, 11) is 0. The molecule has 2 unspecified atom stereocenters. The molecule has 2 aliphatic rings. The summed E-state index contributed by atoms with van der Waals surface area (Å²) in [6, 6.07) is 24.7. The number of allylic oxidation sites excluding steroid dienone is 2. The van der Waals surface area contributed by atoms with Crippen LogP contribution in [0.5, 0.6) is 0 Å². The Kier molecular flexibility index (Phi) is 4.02. The Labute approximate surface area is 178 Å². The van der Waals surface area contributed by atoms with Crippen LogP contribution in [0.3, 0.4) is 0 Å². The van der Waals surface area contributed by atoms with Crippen LogP contribution < -0.4 is 5.32 Å². The molecule has 3 atom stereocenters. The monoisotopic (exact) mass is 392 g/mol. The number of nitrogens with zero attached hydrogens (tertiary/aromatic N) is 1. The van der Waals surface area contributed by atoms with E-state index in [4.69, 9.17) is 0 Å². The quantitative estimate of drug-likeness (QED) is 0.351. The van der Waals surface area contributed by atoms with Crippen LogP contribution in [0, 0.1) is 11.8 Å². The lowest BCUT2D eigenvalue weighted by atomic mass is 9.85. The second-order valence-electron chi connectivity index (χ2n) is 9.28. The van der Waals surface area contributed by atoms with E-state index in [1.165, 1.54) is 45.9 Å². The number of para-hydroxylation sites is 2. The van der Waals surface area contributed by atoms with Crippen LogP contribution in [-0.2, 0) is 0 Å². The highest BCUT2D eigenvalue weighted by Crippen LogP contribution is 2.52. The summed E-state index contributed by atoms with van der Waals surface area (Å²) < 4.78 is 2.53. The molecule has 1 heterocycles. The number of aromatic nitrogens is 1. The molecule has 4 aromatic rings. The number of hydrogen-bond donors (Lipinski definition) is 1. The molecular weight excluding hydrogens is 364 g/mol. The van der Waals surface area contributed by atoms with Crippen molar-refractivity contribution in [1.29, 1.82) is 0 Å². The summed E-state index contributed by atoms with van der Waals surface area (Å²) in [5.74, 6) is 2.05. The van der Waals surface area contributed by atoms with E-state index in [2.05, 4.69) is 103 Å². The van der Waals surface area contributed by atoms with Gasteiger partial charge in [-0.2, -0.15) is 0 Å². The Morgan fingerprint density at radius 2 is 1.63 bits per heavy atom. The number of anilines is 2. The maximum atomic E-state index is 3.86. The predicted octanol–water partition coefficient (Wildman–Crippen LogP) is 7.80. The molecule has 1 fully saturated rings. The maximum Gasteiger partial charge on any atom is 0.0735 e. The first-order chi connectivity index (χ1) is 14.7. The van der Waals surface area contributed by atoms with Gasteiger partial charge in [-0.15, -0.1) is 0 Å². The minimum Gasteiger partial charge on any atom is -0.354 e. The summed E-state index contributed by atoms with van der Waals surface area (Å²) in [6.45, 7) is 4.59. The Hall–Kier alpha value is -3.00. The van der Waals surface area contributed by atoms with Gasteiger partial charge in [-0.05, 0) is 68.2 Å². The molecule has 0 amide bonds. The van der Waals surface area contributed by atoms with Crippen LogP contribution in [0.1, 0.15) is 44.2 Å². The Morgan fingerprint density at radius 1 is 0.833 bits per heavy atom. The van der Waals surface area contributed by atoms with Crippen LogP contribution in [0.2, 0.25) is 0 Å². The van der Waals surface area contributed by atoms with Crippen molar-refractivity contribution in [2.24, 2.45) is 11.8 Å². The largest absolute Gasteiger partial charge is 0.354 e. The fourth-order valence-electron chi connectivity index (χ4n) is 5.89. The SMILES string of the molecule is CC(C)n1c2ccccc2c2ccc(C3C[C@H]4C=CC3C4)c(Nc3ccccc3)c21. The molecule has 150 valence electrons. The van der Waals surface area contributed by atoms with E-state index in [1.54, 1.807) is 0 Å². The van der Waals surface area contributed by atoms with E-state index in [9.17, 15) is 0 Å². The van der Waals surface area contributed by atoms with Gasteiger partial charge < -0.3 is 9.88 Å². The molecule has 1 aromatic heterocycles. The van der Waals surface area contributed by atoms with Crippen molar-refractivity contribution in [3.05, 3.63) is 84.4 Å². The van der Waals surface area contributed by atoms with Crippen molar-refractivity contribution in [2.75, 3.05) is 5.32 Å². The van der Waals surface area contributed by atoms with Crippen molar-refractivity contribution < 1.29 is 0 Å². The van der Waals surface area contributed by atoms with Gasteiger partial charge in [0.15, 0.2) is 0 Å². The van der Waals surface area contributed by atoms with Crippen molar-refractivity contribution in [3.63, 3.8) is 0 Å². The van der Waals surface area contributed by atoms with E-state index in [1.807, 2.05) is 0 Å². The third-order valence-corrected chi connectivity index (χ3v) is 7.14. The first-order valence-corrected chi connectivity index (χ1v) is 11.3. The van der Waals surface area contributed by atoms with E-state index in [0.717, 1.165) is 11.6 Å². The maximum absolute atomic E-state index is 3.86. The minimum atomic E-state index is 0.388. The highest BCUT2D eigenvalue weighted by Gasteiger charge is 2.38. The molecule has 1 N–H and O–H groups in total.